The van der Waals surface area contributed by atoms with Gasteiger partial charge >= 0.3 is 0 Å². The van der Waals surface area contributed by atoms with E-state index in [0.29, 0.717) is 0 Å². The van der Waals surface area contributed by atoms with Gasteiger partial charge in [0.25, 0.3) is 0 Å². The molecule has 1 unspecified atom stereocenters. The Kier molecular flexibility index (Phi) is 2.93. The van der Waals surface area contributed by atoms with Crippen LogP contribution >= 0.6 is 15.9 Å². The third-order valence-electron chi connectivity index (χ3n) is 2.31. The number of hydrogen-bond donors (Lipinski definition) is 1. The summed E-state index contributed by atoms with van der Waals surface area (Å²) in [5, 5.41) is 10.1. The highest BCUT2D eigenvalue weighted by Crippen LogP contribution is 2.29. The maximum Gasteiger partial charge on any atom is 0.108 e. The molecule has 0 spiro atoms. The standard InChI is InChI=1S/C12H11BrO2/c1-8-2-3-11(13)10(6-8)12(14)9-4-5-15-7-9/h2-7,12,14H,1H3. The molecule has 0 amide bonds. The molecule has 0 aliphatic carbocycles. The molecule has 0 fully saturated rings. The summed E-state index contributed by atoms with van der Waals surface area (Å²) < 4.78 is 5.86. The van der Waals surface area contributed by atoms with Crippen LogP contribution in [0.15, 0.2) is 45.7 Å². The highest BCUT2D eigenvalue weighted by Gasteiger charge is 2.14. The quantitative estimate of drug-likeness (QED) is 0.904. The number of halogens is 1. The molecule has 1 aromatic carbocycles. The van der Waals surface area contributed by atoms with Crippen molar-refractivity contribution in [3.8, 4) is 0 Å². The van der Waals surface area contributed by atoms with Crippen LogP contribution < -0.4 is 0 Å². The lowest BCUT2D eigenvalue weighted by atomic mass is 10.0. The van der Waals surface area contributed by atoms with E-state index in [1.807, 2.05) is 25.1 Å². The summed E-state index contributed by atoms with van der Waals surface area (Å²) in [5.41, 5.74) is 2.74. The minimum atomic E-state index is -0.641. The van der Waals surface area contributed by atoms with Crippen LogP contribution in [0.25, 0.3) is 0 Å². The molecule has 78 valence electrons. The Bertz CT molecular complexity index is 449. The summed E-state index contributed by atoms with van der Waals surface area (Å²) in [6, 6.07) is 7.66. The van der Waals surface area contributed by atoms with E-state index < -0.39 is 6.10 Å². The molecule has 3 heteroatoms. The summed E-state index contributed by atoms with van der Waals surface area (Å²) in [7, 11) is 0. The first-order valence-electron chi connectivity index (χ1n) is 4.64. The summed E-state index contributed by atoms with van der Waals surface area (Å²) in [6.45, 7) is 2.00. The van der Waals surface area contributed by atoms with E-state index in [1.54, 1.807) is 18.6 Å². The van der Waals surface area contributed by atoms with Gasteiger partial charge < -0.3 is 9.52 Å². The summed E-state index contributed by atoms with van der Waals surface area (Å²) in [5.74, 6) is 0. The van der Waals surface area contributed by atoms with Crippen molar-refractivity contribution in [1.82, 2.24) is 0 Å². The average Bonchev–Trinajstić information content (AvgIpc) is 2.74. The van der Waals surface area contributed by atoms with Crippen LogP contribution in [-0.4, -0.2) is 5.11 Å². The fraction of sp³-hybridized carbons (Fsp3) is 0.167. The topological polar surface area (TPSA) is 33.4 Å². The average molecular weight is 267 g/mol. The van der Waals surface area contributed by atoms with Crippen LogP contribution in [0.4, 0.5) is 0 Å². The second-order valence-corrected chi connectivity index (χ2v) is 4.34. The highest BCUT2D eigenvalue weighted by molar-refractivity contribution is 9.10. The molecule has 1 N–H and O–H groups in total. The number of aryl methyl sites for hydroxylation is 1. The maximum atomic E-state index is 10.1. The molecule has 2 rings (SSSR count). The third kappa shape index (κ3) is 2.13. The summed E-state index contributed by atoms with van der Waals surface area (Å²) >= 11 is 3.43. The molecule has 1 heterocycles. The van der Waals surface area contributed by atoms with E-state index in [1.165, 1.54) is 0 Å². The van der Waals surface area contributed by atoms with Crippen LogP contribution in [-0.2, 0) is 0 Å². The zero-order valence-electron chi connectivity index (χ0n) is 8.27. The van der Waals surface area contributed by atoms with Gasteiger partial charge in [-0.25, -0.2) is 0 Å². The van der Waals surface area contributed by atoms with Gasteiger partial charge in [0.2, 0.25) is 0 Å². The summed E-state index contributed by atoms with van der Waals surface area (Å²) in [6.07, 6.45) is 2.47. The number of aliphatic hydroxyl groups is 1. The van der Waals surface area contributed by atoms with Crippen LogP contribution in [0.2, 0.25) is 0 Å². The molecule has 0 radical (unpaired) electrons. The molecule has 0 saturated carbocycles. The van der Waals surface area contributed by atoms with Gasteiger partial charge in [0.1, 0.15) is 6.10 Å². The Morgan fingerprint density at radius 2 is 2.13 bits per heavy atom. The Balaban J connectivity index is 2.41. The van der Waals surface area contributed by atoms with E-state index in [4.69, 9.17) is 4.42 Å². The van der Waals surface area contributed by atoms with E-state index in [0.717, 1.165) is 21.2 Å². The highest BCUT2D eigenvalue weighted by atomic mass is 79.9. The van der Waals surface area contributed by atoms with Gasteiger partial charge in [0.05, 0.1) is 12.5 Å². The molecule has 2 nitrogen and oxygen atoms in total. The van der Waals surface area contributed by atoms with Gasteiger partial charge in [-0.3, -0.25) is 0 Å². The molecular weight excluding hydrogens is 256 g/mol. The molecule has 15 heavy (non-hydrogen) atoms. The molecule has 0 aliphatic rings. The zero-order valence-corrected chi connectivity index (χ0v) is 9.86. The predicted octanol–water partition coefficient (Wildman–Crippen LogP) is 3.43. The number of rotatable bonds is 2. The second-order valence-electron chi connectivity index (χ2n) is 3.48. The number of hydrogen-bond acceptors (Lipinski definition) is 2. The minimum Gasteiger partial charge on any atom is -0.472 e. The van der Waals surface area contributed by atoms with Crippen LogP contribution in [0.3, 0.4) is 0 Å². The van der Waals surface area contributed by atoms with Crippen LogP contribution in [0.5, 0.6) is 0 Å². The van der Waals surface area contributed by atoms with Crippen LogP contribution in [0, 0.1) is 6.92 Å². The Morgan fingerprint density at radius 1 is 1.33 bits per heavy atom. The predicted molar refractivity (Wildman–Crippen MR) is 61.6 cm³/mol. The largest absolute Gasteiger partial charge is 0.472 e. The first-order valence-corrected chi connectivity index (χ1v) is 5.44. The monoisotopic (exact) mass is 266 g/mol. The Morgan fingerprint density at radius 3 is 2.80 bits per heavy atom. The van der Waals surface area contributed by atoms with Gasteiger partial charge in [-0.2, -0.15) is 0 Å². The fourth-order valence-corrected chi connectivity index (χ4v) is 1.95. The fourth-order valence-electron chi connectivity index (χ4n) is 1.48. The molecule has 0 bridgehead atoms. The van der Waals surface area contributed by atoms with Gasteiger partial charge in [0, 0.05) is 10.0 Å². The van der Waals surface area contributed by atoms with Crippen molar-refractivity contribution in [2.75, 3.05) is 0 Å². The second kappa shape index (κ2) is 4.21. The van der Waals surface area contributed by atoms with Crippen molar-refractivity contribution in [1.29, 1.82) is 0 Å². The van der Waals surface area contributed by atoms with E-state index in [2.05, 4.69) is 15.9 Å². The van der Waals surface area contributed by atoms with Crippen LogP contribution in [0.1, 0.15) is 22.8 Å². The van der Waals surface area contributed by atoms with Gasteiger partial charge in [-0.15, -0.1) is 0 Å². The first-order chi connectivity index (χ1) is 7.18. The van der Waals surface area contributed by atoms with Crippen molar-refractivity contribution in [3.63, 3.8) is 0 Å². The van der Waals surface area contributed by atoms with E-state index in [9.17, 15) is 5.11 Å². The van der Waals surface area contributed by atoms with E-state index in [-0.39, 0.29) is 0 Å². The molecular formula is C12H11BrO2. The molecule has 2 aromatic rings. The zero-order chi connectivity index (χ0) is 10.8. The lowest BCUT2D eigenvalue weighted by molar-refractivity contribution is 0.218. The van der Waals surface area contributed by atoms with Crippen molar-refractivity contribution >= 4 is 15.9 Å². The molecule has 1 aromatic heterocycles. The molecule has 0 aliphatic heterocycles. The summed E-state index contributed by atoms with van der Waals surface area (Å²) in [4.78, 5) is 0. The SMILES string of the molecule is Cc1ccc(Br)c(C(O)c2ccoc2)c1. The lowest BCUT2D eigenvalue weighted by Crippen LogP contribution is -1.99. The van der Waals surface area contributed by atoms with Gasteiger partial charge in [-0.1, -0.05) is 33.6 Å². The van der Waals surface area contributed by atoms with Gasteiger partial charge in [0.15, 0.2) is 0 Å². The van der Waals surface area contributed by atoms with Crippen molar-refractivity contribution in [3.05, 3.63) is 58.0 Å². The van der Waals surface area contributed by atoms with E-state index >= 15 is 0 Å². The van der Waals surface area contributed by atoms with Gasteiger partial charge in [-0.05, 0) is 24.6 Å². The number of furan rings is 1. The smallest absolute Gasteiger partial charge is 0.108 e. The first kappa shape index (κ1) is 10.5. The Hall–Kier alpha value is -1.06. The maximum absolute atomic E-state index is 10.1. The lowest BCUT2D eigenvalue weighted by Gasteiger charge is -2.11. The third-order valence-corrected chi connectivity index (χ3v) is 3.03. The normalized spacial score (nSPS) is 12.7. The number of benzene rings is 1. The van der Waals surface area contributed by atoms with Crippen molar-refractivity contribution in [2.24, 2.45) is 0 Å². The number of aliphatic hydroxyl groups excluding tert-OH is 1. The van der Waals surface area contributed by atoms with Crippen molar-refractivity contribution < 1.29 is 9.52 Å². The minimum absolute atomic E-state index is 0.641. The molecule has 1 atom stereocenters. The molecule has 0 saturated heterocycles. The van der Waals surface area contributed by atoms with Crippen molar-refractivity contribution in [2.45, 2.75) is 13.0 Å². The Labute approximate surface area is 96.7 Å².